The normalized spacial score (nSPS) is 14.3. The third-order valence-electron chi connectivity index (χ3n) is 4.32. The van der Waals surface area contributed by atoms with Crippen molar-refractivity contribution in [1.82, 2.24) is 9.97 Å². The maximum absolute atomic E-state index is 14.0. The predicted molar refractivity (Wildman–Crippen MR) is 104 cm³/mol. The number of aromatic nitrogens is 2. The predicted octanol–water partition coefficient (Wildman–Crippen LogP) is 4.11. The first-order valence-corrected chi connectivity index (χ1v) is 9.47. The van der Waals surface area contributed by atoms with Gasteiger partial charge in [0.05, 0.1) is 11.5 Å². The number of hydrogen-bond acceptors (Lipinski definition) is 9. The van der Waals surface area contributed by atoms with Crippen LogP contribution in [0.15, 0.2) is 24.5 Å². The smallest absolute Gasteiger partial charge is 0.435 e. The molecule has 0 aliphatic carbocycles. The van der Waals surface area contributed by atoms with Crippen molar-refractivity contribution in [2.24, 2.45) is 0 Å². The van der Waals surface area contributed by atoms with Crippen molar-refractivity contribution in [3.63, 3.8) is 0 Å². The van der Waals surface area contributed by atoms with Crippen molar-refractivity contribution in [2.75, 3.05) is 24.6 Å². The summed E-state index contributed by atoms with van der Waals surface area (Å²) >= 11 is 5.71. The summed E-state index contributed by atoms with van der Waals surface area (Å²) in [6.07, 6.45) is 0.862. The molecule has 3 rings (SSSR count). The third kappa shape index (κ3) is 5.03. The Bertz CT molecular complexity index is 939. The summed E-state index contributed by atoms with van der Waals surface area (Å²) in [7, 11) is 0. The van der Waals surface area contributed by atoms with Crippen molar-refractivity contribution in [1.29, 1.82) is 0 Å². The van der Waals surface area contributed by atoms with Gasteiger partial charge in [-0.05, 0) is 25.1 Å². The minimum atomic E-state index is -0.783. The first-order chi connectivity index (χ1) is 14.4. The molecular weight excluding hydrogens is 423 g/mol. The van der Waals surface area contributed by atoms with Gasteiger partial charge in [-0.25, -0.2) is 14.2 Å². The van der Waals surface area contributed by atoms with Crippen LogP contribution in [0.4, 0.5) is 20.7 Å². The first-order valence-electron chi connectivity index (χ1n) is 9.09. The van der Waals surface area contributed by atoms with Crippen molar-refractivity contribution in [2.45, 2.75) is 25.9 Å². The molecule has 2 aromatic rings. The number of nitro groups is 1. The number of benzene rings is 1. The molecule has 1 aromatic heterocycles. The molecule has 12 heteroatoms. The number of anilines is 1. The molecule has 0 bridgehead atoms. The van der Waals surface area contributed by atoms with E-state index < -0.39 is 28.5 Å². The van der Waals surface area contributed by atoms with E-state index in [0.717, 1.165) is 12.4 Å². The molecule has 30 heavy (non-hydrogen) atoms. The van der Waals surface area contributed by atoms with E-state index in [1.807, 2.05) is 0 Å². The second kappa shape index (κ2) is 9.53. The van der Waals surface area contributed by atoms with Crippen molar-refractivity contribution in [3.05, 3.63) is 45.5 Å². The Labute approximate surface area is 175 Å². The number of ether oxygens (including phenoxy) is 3. The molecule has 0 unspecified atom stereocenters. The first kappa shape index (κ1) is 21.5. The molecule has 1 aliphatic rings. The maximum Gasteiger partial charge on any atom is 0.508 e. The molecule has 1 aromatic carbocycles. The van der Waals surface area contributed by atoms with Gasteiger partial charge in [-0.2, -0.15) is 4.98 Å². The van der Waals surface area contributed by atoms with Crippen LogP contribution in [0, 0.1) is 15.9 Å². The lowest BCUT2D eigenvalue weighted by molar-refractivity contribution is -0.385. The zero-order valence-electron chi connectivity index (χ0n) is 15.9. The van der Waals surface area contributed by atoms with Crippen molar-refractivity contribution in [3.8, 4) is 11.6 Å². The minimum absolute atomic E-state index is 0.0361. The van der Waals surface area contributed by atoms with Crippen molar-refractivity contribution >= 4 is 29.3 Å². The van der Waals surface area contributed by atoms with Gasteiger partial charge >= 0.3 is 17.7 Å². The van der Waals surface area contributed by atoms with Crippen molar-refractivity contribution < 1.29 is 28.3 Å². The summed E-state index contributed by atoms with van der Waals surface area (Å²) in [6.45, 7) is 2.57. The summed E-state index contributed by atoms with van der Waals surface area (Å²) < 4.78 is 29.3. The van der Waals surface area contributed by atoms with Gasteiger partial charge in [-0.15, -0.1) is 0 Å². The van der Waals surface area contributed by atoms with E-state index >= 15 is 0 Å². The Morgan fingerprint density at radius 3 is 2.73 bits per heavy atom. The number of halogens is 2. The van der Waals surface area contributed by atoms with Gasteiger partial charge < -0.3 is 19.1 Å². The van der Waals surface area contributed by atoms with Crippen LogP contribution < -0.4 is 9.64 Å². The Balaban J connectivity index is 1.78. The third-order valence-corrected chi connectivity index (χ3v) is 4.55. The average molecular weight is 441 g/mol. The summed E-state index contributed by atoms with van der Waals surface area (Å²) in [6, 6.07) is 3.67. The lowest BCUT2D eigenvalue weighted by Gasteiger charge is -2.31. The number of piperidine rings is 1. The summed E-state index contributed by atoms with van der Waals surface area (Å²) in [5, 5.41) is 11.9. The zero-order valence-corrected chi connectivity index (χ0v) is 16.7. The number of hydrogen-bond donors (Lipinski definition) is 0. The van der Waals surface area contributed by atoms with E-state index in [-0.39, 0.29) is 29.3 Å². The van der Waals surface area contributed by atoms with Gasteiger partial charge in [0.25, 0.3) is 0 Å². The van der Waals surface area contributed by atoms with Gasteiger partial charge in [0.15, 0.2) is 11.6 Å². The SMILES string of the molecule is CCOC(=O)OC1CCN(c2ncnc(Oc3ccc(Cl)cc3F)c2[N+](=O)[O-])CC1. The van der Waals surface area contributed by atoms with Crippen LogP contribution in [0.2, 0.25) is 5.02 Å². The molecule has 10 nitrogen and oxygen atoms in total. The van der Waals surface area contributed by atoms with Crippen LogP contribution in [0.25, 0.3) is 0 Å². The molecule has 0 amide bonds. The van der Waals surface area contributed by atoms with Crippen LogP contribution in [-0.4, -0.2) is 46.8 Å². The van der Waals surface area contributed by atoms with Crippen LogP contribution in [-0.2, 0) is 9.47 Å². The highest BCUT2D eigenvalue weighted by Crippen LogP contribution is 2.38. The van der Waals surface area contributed by atoms with Crippen LogP contribution in [0.5, 0.6) is 11.6 Å². The molecule has 1 fully saturated rings. The molecule has 1 aliphatic heterocycles. The highest BCUT2D eigenvalue weighted by Gasteiger charge is 2.32. The summed E-state index contributed by atoms with van der Waals surface area (Å²) in [4.78, 5) is 32.0. The lowest BCUT2D eigenvalue weighted by Crippen LogP contribution is -2.38. The topological polar surface area (TPSA) is 117 Å². The molecule has 0 atom stereocenters. The fourth-order valence-corrected chi connectivity index (χ4v) is 3.11. The Kier molecular flexibility index (Phi) is 6.83. The molecule has 1 saturated heterocycles. The summed E-state index contributed by atoms with van der Waals surface area (Å²) in [5.41, 5.74) is -0.489. The fraction of sp³-hybridized carbons (Fsp3) is 0.389. The number of carbonyl (C=O) groups is 1. The Hall–Kier alpha value is -3.21. The second-order valence-corrected chi connectivity index (χ2v) is 6.71. The van der Waals surface area contributed by atoms with Crippen LogP contribution in [0.3, 0.4) is 0 Å². The summed E-state index contributed by atoms with van der Waals surface area (Å²) in [5.74, 6) is -1.40. The van der Waals surface area contributed by atoms with E-state index in [1.54, 1.807) is 11.8 Å². The van der Waals surface area contributed by atoms with Gasteiger partial charge in [-0.1, -0.05) is 11.6 Å². The Morgan fingerprint density at radius 1 is 1.37 bits per heavy atom. The zero-order chi connectivity index (χ0) is 21.7. The highest BCUT2D eigenvalue weighted by atomic mass is 35.5. The largest absolute Gasteiger partial charge is 0.508 e. The van der Waals surface area contributed by atoms with Gasteiger partial charge in [0, 0.05) is 31.0 Å². The lowest BCUT2D eigenvalue weighted by atomic mass is 10.1. The van der Waals surface area contributed by atoms with E-state index in [1.165, 1.54) is 12.1 Å². The number of rotatable bonds is 6. The quantitative estimate of drug-likeness (QED) is 0.371. The molecule has 0 radical (unpaired) electrons. The van der Waals surface area contributed by atoms with Crippen LogP contribution >= 0.6 is 11.6 Å². The van der Waals surface area contributed by atoms with E-state index in [4.69, 9.17) is 25.8 Å². The van der Waals surface area contributed by atoms with Gasteiger partial charge in [0.1, 0.15) is 12.4 Å². The van der Waals surface area contributed by atoms with Gasteiger partial charge in [-0.3, -0.25) is 10.1 Å². The molecule has 2 heterocycles. The standard InChI is InChI=1S/C18H18ClFN4O6/c1-2-28-18(25)29-12-5-7-23(8-6-12)16-15(24(26)27)17(22-10-21-16)30-14-4-3-11(19)9-13(14)20/h3-4,9-10,12H,2,5-8H2,1H3. The highest BCUT2D eigenvalue weighted by molar-refractivity contribution is 6.30. The maximum atomic E-state index is 14.0. The van der Waals surface area contributed by atoms with E-state index in [0.29, 0.717) is 25.9 Å². The molecule has 0 spiro atoms. The minimum Gasteiger partial charge on any atom is -0.435 e. The monoisotopic (exact) mass is 440 g/mol. The number of carbonyl (C=O) groups excluding carboxylic acids is 1. The molecule has 0 saturated carbocycles. The second-order valence-electron chi connectivity index (χ2n) is 6.27. The Morgan fingerprint density at radius 2 is 2.10 bits per heavy atom. The molecule has 160 valence electrons. The van der Waals surface area contributed by atoms with E-state index in [9.17, 15) is 19.3 Å². The average Bonchev–Trinajstić information content (AvgIpc) is 2.70. The fourth-order valence-electron chi connectivity index (χ4n) is 2.96. The van der Waals surface area contributed by atoms with E-state index in [2.05, 4.69) is 9.97 Å². The van der Waals surface area contributed by atoms with Gasteiger partial charge in [0.2, 0.25) is 5.82 Å². The molecule has 0 N–H and O–H groups in total. The number of nitrogens with zero attached hydrogens (tertiary/aromatic N) is 4. The van der Waals surface area contributed by atoms with Crippen LogP contribution in [0.1, 0.15) is 19.8 Å². The molecular formula is C18H18ClFN4O6.